The fourth-order valence-corrected chi connectivity index (χ4v) is 6.27. The minimum atomic E-state index is -0.613. The number of hydrogen-bond donors (Lipinski definition) is 4. The highest BCUT2D eigenvalue weighted by Crippen LogP contribution is 2.29. The third kappa shape index (κ3) is 28.0. The zero-order valence-electron chi connectivity index (χ0n) is 38.0. The number of nitrogens with two attached hydrogens (primary N) is 2. The molecule has 0 aliphatic rings. The van der Waals surface area contributed by atoms with Crippen LogP contribution >= 0.6 is 0 Å². The summed E-state index contributed by atoms with van der Waals surface area (Å²) >= 11 is 0. The zero-order valence-corrected chi connectivity index (χ0v) is 38.0. The van der Waals surface area contributed by atoms with Crippen molar-refractivity contribution in [2.45, 2.75) is 157 Å². The molecule has 14 nitrogen and oxygen atoms in total. The average Bonchev–Trinajstić information content (AvgIpc) is 3.01. The largest absolute Gasteiger partial charge is 0.399 e. The standard InChI is InChI=1S/C42H84N6O8/c1-15-17-40(8,9)54-23-16-37(51)47(30-36(50)46-39(6,7)19-26-55-41(10,11)20-24-52-14)29-35(49)45-21-22-48(44)28-34(43)31-53-32-42(12,13)56-25-18-38(4,5)27-33(2)3/h28,33H,15-27,29-32,43-44H2,1-14H3,(H,45,49)(H,46,50)/b34-28-. The fraction of sp³-hybridized carbons (Fsp3) is 0.881. The van der Waals surface area contributed by atoms with Crippen LogP contribution in [0.15, 0.2) is 11.9 Å². The molecule has 0 aromatic rings. The van der Waals surface area contributed by atoms with Crippen molar-refractivity contribution in [1.29, 1.82) is 0 Å². The molecule has 56 heavy (non-hydrogen) atoms. The van der Waals surface area contributed by atoms with Gasteiger partial charge >= 0.3 is 0 Å². The maximum Gasteiger partial charge on any atom is 0.240 e. The lowest BCUT2D eigenvalue weighted by atomic mass is 9.81. The Kier molecular flexibility index (Phi) is 24.6. The smallest absolute Gasteiger partial charge is 0.240 e. The van der Waals surface area contributed by atoms with Gasteiger partial charge in [0.25, 0.3) is 0 Å². The fourth-order valence-electron chi connectivity index (χ4n) is 6.27. The van der Waals surface area contributed by atoms with Crippen LogP contribution in [-0.2, 0) is 38.1 Å². The topological polar surface area (TPSA) is 180 Å². The molecule has 0 aromatic heterocycles. The first kappa shape index (κ1) is 53.5. The molecule has 0 unspecified atom stereocenters. The lowest BCUT2D eigenvalue weighted by Crippen LogP contribution is -2.51. The van der Waals surface area contributed by atoms with Crippen LogP contribution in [0.4, 0.5) is 0 Å². The van der Waals surface area contributed by atoms with E-state index in [1.807, 2.05) is 55.4 Å². The van der Waals surface area contributed by atoms with Crippen LogP contribution < -0.4 is 22.2 Å². The van der Waals surface area contributed by atoms with E-state index in [0.717, 1.165) is 32.1 Å². The van der Waals surface area contributed by atoms with Crippen LogP contribution in [0.25, 0.3) is 0 Å². The Balaban J connectivity index is 5.13. The number of hydrazine groups is 1. The van der Waals surface area contributed by atoms with Crippen LogP contribution in [0.3, 0.4) is 0 Å². The molecule has 0 aromatic carbocycles. The summed E-state index contributed by atoms with van der Waals surface area (Å²) in [4.78, 5) is 40.9. The summed E-state index contributed by atoms with van der Waals surface area (Å²) in [5.41, 5.74) is 4.96. The first-order valence-electron chi connectivity index (χ1n) is 20.5. The van der Waals surface area contributed by atoms with Gasteiger partial charge in [-0.25, -0.2) is 5.84 Å². The quantitative estimate of drug-likeness (QED) is 0.0514. The van der Waals surface area contributed by atoms with Crippen molar-refractivity contribution in [2.24, 2.45) is 22.9 Å². The van der Waals surface area contributed by atoms with E-state index in [1.165, 1.54) is 9.91 Å². The summed E-state index contributed by atoms with van der Waals surface area (Å²) in [5.74, 6) is 5.60. The van der Waals surface area contributed by atoms with Crippen LogP contribution in [0.5, 0.6) is 0 Å². The summed E-state index contributed by atoms with van der Waals surface area (Å²) in [7, 11) is 1.66. The van der Waals surface area contributed by atoms with Gasteiger partial charge in [0.05, 0.1) is 55.3 Å². The summed E-state index contributed by atoms with van der Waals surface area (Å²) in [6, 6.07) is 0. The van der Waals surface area contributed by atoms with Crippen LogP contribution in [0.2, 0.25) is 0 Å². The van der Waals surface area contributed by atoms with Crippen LogP contribution in [0, 0.1) is 11.3 Å². The second kappa shape index (κ2) is 25.8. The first-order valence-corrected chi connectivity index (χ1v) is 20.5. The monoisotopic (exact) mass is 801 g/mol. The average molecular weight is 801 g/mol. The highest BCUT2D eigenvalue weighted by atomic mass is 16.5. The van der Waals surface area contributed by atoms with E-state index in [2.05, 4.69) is 45.3 Å². The van der Waals surface area contributed by atoms with Gasteiger partial charge in [-0.05, 0) is 98.8 Å². The molecule has 330 valence electrons. The Bertz CT molecular complexity index is 1170. The Morgan fingerprint density at radius 2 is 1.34 bits per heavy atom. The van der Waals surface area contributed by atoms with Crippen molar-refractivity contribution in [2.75, 3.05) is 72.9 Å². The van der Waals surface area contributed by atoms with E-state index in [-0.39, 0.29) is 74.2 Å². The number of hydrogen-bond acceptors (Lipinski definition) is 11. The maximum atomic E-state index is 13.4. The lowest BCUT2D eigenvalue weighted by molar-refractivity contribution is -0.141. The van der Waals surface area contributed by atoms with E-state index < -0.39 is 17.0 Å². The first-order chi connectivity index (χ1) is 25.7. The molecule has 0 aliphatic heterocycles. The number of rotatable bonds is 32. The summed E-state index contributed by atoms with van der Waals surface area (Å²) in [5, 5.41) is 7.16. The highest BCUT2D eigenvalue weighted by Gasteiger charge is 2.28. The van der Waals surface area contributed by atoms with E-state index in [1.54, 1.807) is 13.3 Å². The molecule has 3 amide bonds. The molecule has 0 radical (unpaired) electrons. The number of nitrogens with zero attached hydrogens (tertiary/aromatic N) is 2. The number of nitrogens with one attached hydrogen (secondary N) is 2. The third-order valence-corrected chi connectivity index (χ3v) is 9.26. The Labute approximate surface area is 340 Å². The molecular formula is C42H84N6O8. The van der Waals surface area contributed by atoms with Crippen LogP contribution in [0.1, 0.15) is 135 Å². The van der Waals surface area contributed by atoms with Crippen molar-refractivity contribution < 1.29 is 38.1 Å². The summed E-state index contributed by atoms with van der Waals surface area (Å²) in [6.45, 7) is 29.1. The van der Waals surface area contributed by atoms with Gasteiger partial charge in [0.1, 0.15) is 13.1 Å². The minimum absolute atomic E-state index is 0.0317. The van der Waals surface area contributed by atoms with E-state index >= 15 is 0 Å². The highest BCUT2D eigenvalue weighted by molar-refractivity contribution is 5.89. The summed E-state index contributed by atoms with van der Waals surface area (Å²) < 4.78 is 29.1. The van der Waals surface area contributed by atoms with Crippen molar-refractivity contribution in [3.05, 3.63) is 11.9 Å². The second-order valence-corrected chi connectivity index (χ2v) is 18.8. The number of carbonyl (C=O) groups excluding carboxylic acids is 3. The third-order valence-electron chi connectivity index (χ3n) is 9.26. The number of ether oxygens (including phenoxy) is 5. The van der Waals surface area contributed by atoms with Crippen molar-refractivity contribution in [1.82, 2.24) is 20.5 Å². The Morgan fingerprint density at radius 3 is 1.95 bits per heavy atom. The number of methoxy groups -OCH3 is 1. The van der Waals surface area contributed by atoms with Gasteiger partial charge < -0.3 is 50.0 Å². The second-order valence-electron chi connectivity index (χ2n) is 18.8. The lowest BCUT2D eigenvalue weighted by Gasteiger charge is -2.31. The van der Waals surface area contributed by atoms with E-state index in [0.29, 0.717) is 44.5 Å². The van der Waals surface area contributed by atoms with Crippen molar-refractivity contribution >= 4 is 17.7 Å². The van der Waals surface area contributed by atoms with Gasteiger partial charge in [-0.15, -0.1) is 0 Å². The SMILES string of the molecule is CCCC(C)(C)OCCC(=O)N(CC(=O)NCCN(N)/C=C(\N)COCC(C)(C)OCCC(C)(C)CC(C)C)CC(=O)NC(C)(C)CCOC(C)(C)CCOC. The molecule has 0 fully saturated rings. The van der Waals surface area contributed by atoms with E-state index in [9.17, 15) is 14.4 Å². The Hall–Kier alpha value is -2.49. The molecule has 0 bridgehead atoms. The van der Waals surface area contributed by atoms with Gasteiger partial charge in [0.15, 0.2) is 0 Å². The number of amides is 3. The van der Waals surface area contributed by atoms with Crippen molar-refractivity contribution in [3.8, 4) is 0 Å². The predicted molar refractivity (Wildman–Crippen MR) is 224 cm³/mol. The molecule has 0 saturated carbocycles. The maximum absolute atomic E-state index is 13.4. The van der Waals surface area contributed by atoms with Crippen LogP contribution in [-0.4, -0.2) is 123 Å². The minimum Gasteiger partial charge on any atom is -0.399 e. The van der Waals surface area contributed by atoms with Gasteiger partial charge in [0, 0.05) is 45.2 Å². The normalized spacial score (nSPS) is 13.2. The molecule has 14 heteroatoms. The van der Waals surface area contributed by atoms with Gasteiger partial charge in [-0.1, -0.05) is 41.0 Å². The molecule has 0 saturated heterocycles. The van der Waals surface area contributed by atoms with E-state index in [4.69, 9.17) is 35.3 Å². The van der Waals surface area contributed by atoms with Gasteiger partial charge in [0.2, 0.25) is 17.7 Å². The zero-order chi connectivity index (χ0) is 43.2. The molecule has 6 N–H and O–H groups in total. The molecule has 0 spiro atoms. The predicted octanol–water partition coefficient (Wildman–Crippen LogP) is 5.28. The van der Waals surface area contributed by atoms with Crippen molar-refractivity contribution in [3.63, 3.8) is 0 Å². The molecule has 0 rings (SSSR count). The number of carbonyl (C=O) groups is 3. The molecule has 0 aliphatic carbocycles. The molecule has 0 atom stereocenters. The Morgan fingerprint density at radius 1 is 0.768 bits per heavy atom. The molecular weight excluding hydrogens is 716 g/mol. The van der Waals surface area contributed by atoms with Gasteiger partial charge in [-0.2, -0.15) is 0 Å². The summed E-state index contributed by atoms with van der Waals surface area (Å²) in [6.07, 6.45) is 6.78. The van der Waals surface area contributed by atoms with Gasteiger partial charge in [-0.3, -0.25) is 14.4 Å². The molecule has 0 heterocycles.